The van der Waals surface area contributed by atoms with E-state index in [0.29, 0.717) is 12.2 Å². The standard InChI is InChI=1S/C19H26N2O4/c1-12-13(2)21(8-9-25-5)16-7-6-14(10-15(12)16)17(22)20-11-19(3,4)18(23)24/h6-7,10H,8-9,11H2,1-5H3,(H,20,22)(H,23,24). The van der Waals surface area contributed by atoms with Crippen molar-refractivity contribution in [2.45, 2.75) is 34.2 Å². The maximum atomic E-state index is 12.4. The van der Waals surface area contributed by atoms with Crippen LogP contribution in [0.5, 0.6) is 0 Å². The van der Waals surface area contributed by atoms with E-state index in [1.54, 1.807) is 27.0 Å². The molecule has 2 N–H and O–H groups in total. The molecule has 0 radical (unpaired) electrons. The van der Waals surface area contributed by atoms with Crippen molar-refractivity contribution in [3.63, 3.8) is 0 Å². The van der Waals surface area contributed by atoms with E-state index >= 15 is 0 Å². The molecule has 1 heterocycles. The van der Waals surface area contributed by atoms with E-state index < -0.39 is 11.4 Å². The third-order valence-electron chi connectivity index (χ3n) is 4.69. The summed E-state index contributed by atoms with van der Waals surface area (Å²) in [5.74, 6) is -1.21. The molecule has 0 aliphatic carbocycles. The number of aryl methyl sites for hydroxylation is 1. The summed E-state index contributed by atoms with van der Waals surface area (Å²) in [4.78, 5) is 23.6. The third kappa shape index (κ3) is 3.85. The van der Waals surface area contributed by atoms with Gasteiger partial charge in [-0.3, -0.25) is 9.59 Å². The molecule has 1 aromatic carbocycles. The van der Waals surface area contributed by atoms with Gasteiger partial charge in [0.2, 0.25) is 0 Å². The Bertz CT molecular complexity index is 805. The maximum absolute atomic E-state index is 12.4. The average molecular weight is 346 g/mol. The minimum absolute atomic E-state index is 0.0755. The molecule has 0 aliphatic heterocycles. The number of nitrogens with zero attached hydrogens (tertiary/aromatic N) is 1. The Morgan fingerprint density at radius 1 is 1.28 bits per heavy atom. The van der Waals surface area contributed by atoms with E-state index in [1.165, 1.54) is 0 Å². The summed E-state index contributed by atoms with van der Waals surface area (Å²) in [7, 11) is 1.68. The second kappa shape index (κ2) is 7.27. The summed E-state index contributed by atoms with van der Waals surface area (Å²) < 4.78 is 7.36. The largest absolute Gasteiger partial charge is 0.481 e. The normalized spacial score (nSPS) is 11.7. The summed E-state index contributed by atoms with van der Waals surface area (Å²) in [6.45, 7) is 8.72. The van der Waals surface area contributed by atoms with Gasteiger partial charge in [0.05, 0.1) is 12.0 Å². The number of benzene rings is 1. The number of fused-ring (bicyclic) bond motifs is 1. The number of methoxy groups -OCH3 is 1. The second-order valence-corrected chi connectivity index (χ2v) is 6.96. The lowest BCUT2D eigenvalue weighted by molar-refractivity contribution is -0.146. The van der Waals surface area contributed by atoms with Gasteiger partial charge in [0, 0.05) is 42.4 Å². The number of carbonyl (C=O) groups excluding carboxylic acids is 1. The molecule has 6 heteroatoms. The molecule has 0 atom stereocenters. The molecule has 6 nitrogen and oxygen atoms in total. The zero-order valence-electron chi connectivity index (χ0n) is 15.5. The number of amides is 1. The van der Waals surface area contributed by atoms with Crippen LogP contribution in [0.25, 0.3) is 10.9 Å². The fourth-order valence-corrected chi connectivity index (χ4v) is 2.74. The lowest BCUT2D eigenvalue weighted by Crippen LogP contribution is -2.38. The van der Waals surface area contributed by atoms with Gasteiger partial charge in [0.1, 0.15) is 0 Å². The van der Waals surface area contributed by atoms with Gasteiger partial charge in [-0.1, -0.05) is 0 Å². The van der Waals surface area contributed by atoms with Crippen LogP contribution < -0.4 is 5.32 Å². The lowest BCUT2D eigenvalue weighted by Gasteiger charge is -2.19. The number of carboxylic acid groups (broad SMARTS) is 1. The highest BCUT2D eigenvalue weighted by Gasteiger charge is 2.27. The first-order valence-corrected chi connectivity index (χ1v) is 8.29. The predicted molar refractivity (Wildman–Crippen MR) is 97.0 cm³/mol. The molecule has 0 saturated carbocycles. The van der Waals surface area contributed by atoms with Gasteiger partial charge < -0.3 is 19.7 Å². The molecule has 0 spiro atoms. The van der Waals surface area contributed by atoms with E-state index in [1.807, 2.05) is 19.1 Å². The maximum Gasteiger partial charge on any atom is 0.310 e. The van der Waals surface area contributed by atoms with Crippen LogP contribution in [-0.4, -0.2) is 41.8 Å². The molecule has 1 aromatic heterocycles. The zero-order chi connectivity index (χ0) is 18.8. The van der Waals surface area contributed by atoms with Crippen LogP contribution in [0.2, 0.25) is 0 Å². The SMILES string of the molecule is COCCn1c(C)c(C)c2cc(C(=O)NCC(C)(C)C(=O)O)ccc21. The third-order valence-corrected chi connectivity index (χ3v) is 4.69. The number of aromatic nitrogens is 1. The van der Waals surface area contributed by atoms with Gasteiger partial charge in [-0.25, -0.2) is 0 Å². The summed E-state index contributed by atoms with van der Waals surface area (Å²) >= 11 is 0. The number of hydrogen-bond acceptors (Lipinski definition) is 3. The number of carbonyl (C=O) groups is 2. The van der Waals surface area contributed by atoms with E-state index in [0.717, 1.165) is 28.7 Å². The van der Waals surface area contributed by atoms with Crippen molar-refractivity contribution in [1.29, 1.82) is 0 Å². The molecule has 0 unspecified atom stereocenters. The van der Waals surface area contributed by atoms with Crippen LogP contribution in [0, 0.1) is 19.3 Å². The number of rotatable bonds is 7. The van der Waals surface area contributed by atoms with Crippen molar-refractivity contribution in [2.75, 3.05) is 20.3 Å². The van der Waals surface area contributed by atoms with E-state index in [9.17, 15) is 9.59 Å². The molecule has 0 bridgehead atoms. The summed E-state index contributed by atoms with van der Waals surface area (Å²) in [6, 6.07) is 5.57. The summed E-state index contributed by atoms with van der Waals surface area (Å²) in [5.41, 5.74) is 2.87. The van der Waals surface area contributed by atoms with Crippen LogP contribution in [0.15, 0.2) is 18.2 Å². The molecule has 2 aromatic rings. The Hall–Kier alpha value is -2.34. The zero-order valence-corrected chi connectivity index (χ0v) is 15.5. The first-order chi connectivity index (χ1) is 11.7. The van der Waals surface area contributed by atoms with E-state index in [2.05, 4.69) is 16.8 Å². The average Bonchev–Trinajstić information content (AvgIpc) is 2.81. The lowest BCUT2D eigenvalue weighted by atomic mass is 9.94. The molecule has 0 aliphatic rings. The Morgan fingerprint density at radius 3 is 2.56 bits per heavy atom. The van der Waals surface area contributed by atoms with Crippen molar-refractivity contribution in [3.05, 3.63) is 35.0 Å². The Kier molecular flexibility index (Phi) is 5.52. The van der Waals surface area contributed by atoms with E-state index in [4.69, 9.17) is 9.84 Å². The van der Waals surface area contributed by atoms with Crippen LogP contribution in [0.1, 0.15) is 35.5 Å². The molecule has 25 heavy (non-hydrogen) atoms. The molecule has 136 valence electrons. The number of hydrogen-bond donors (Lipinski definition) is 2. The first kappa shape index (κ1) is 19.0. The van der Waals surface area contributed by atoms with Crippen molar-refractivity contribution in [3.8, 4) is 0 Å². The molecule has 0 saturated heterocycles. The molecule has 2 rings (SSSR count). The number of ether oxygens (including phenoxy) is 1. The van der Waals surface area contributed by atoms with Gasteiger partial charge in [-0.2, -0.15) is 0 Å². The van der Waals surface area contributed by atoms with Crippen molar-refractivity contribution in [1.82, 2.24) is 9.88 Å². The summed E-state index contributed by atoms with van der Waals surface area (Å²) in [6.07, 6.45) is 0. The first-order valence-electron chi connectivity index (χ1n) is 8.29. The van der Waals surface area contributed by atoms with Gasteiger partial charge in [-0.05, 0) is 51.5 Å². The monoisotopic (exact) mass is 346 g/mol. The van der Waals surface area contributed by atoms with Gasteiger partial charge in [-0.15, -0.1) is 0 Å². The Labute approximate surface area is 147 Å². The molecular weight excluding hydrogens is 320 g/mol. The van der Waals surface area contributed by atoms with Gasteiger partial charge >= 0.3 is 5.97 Å². The highest BCUT2D eigenvalue weighted by atomic mass is 16.5. The smallest absolute Gasteiger partial charge is 0.310 e. The fraction of sp³-hybridized carbons (Fsp3) is 0.474. The molecular formula is C19H26N2O4. The minimum atomic E-state index is -1.00. The highest BCUT2D eigenvalue weighted by molar-refractivity contribution is 5.99. The number of aliphatic carboxylic acids is 1. The topological polar surface area (TPSA) is 80.6 Å². The number of nitrogens with one attached hydrogen (secondary N) is 1. The van der Waals surface area contributed by atoms with Crippen molar-refractivity contribution >= 4 is 22.8 Å². The quantitative estimate of drug-likeness (QED) is 0.808. The Balaban J connectivity index is 2.27. The van der Waals surface area contributed by atoms with Crippen LogP contribution in [0.4, 0.5) is 0 Å². The Morgan fingerprint density at radius 2 is 1.96 bits per heavy atom. The van der Waals surface area contributed by atoms with Crippen molar-refractivity contribution < 1.29 is 19.4 Å². The van der Waals surface area contributed by atoms with Crippen LogP contribution in [-0.2, 0) is 16.1 Å². The van der Waals surface area contributed by atoms with Crippen molar-refractivity contribution in [2.24, 2.45) is 5.41 Å². The predicted octanol–water partition coefficient (Wildman–Crippen LogP) is 2.75. The van der Waals surface area contributed by atoms with Crippen LogP contribution in [0.3, 0.4) is 0 Å². The molecule has 0 fully saturated rings. The fourth-order valence-electron chi connectivity index (χ4n) is 2.74. The van der Waals surface area contributed by atoms with Gasteiger partial charge in [0.25, 0.3) is 5.91 Å². The minimum Gasteiger partial charge on any atom is -0.481 e. The highest BCUT2D eigenvalue weighted by Crippen LogP contribution is 2.26. The molecule has 1 amide bonds. The van der Waals surface area contributed by atoms with Crippen LogP contribution >= 0.6 is 0 Å². The van der Waals surface area contributed by atoms with Gasteiger partial charge in [0.15, 0.2) is 0 Å². The van der Waals surface area contributed by atoms with E-state index in [-0.39, 0.29) is 12.5 Å². The number of carboxylic acids is 1. The summed E-state index contributed by atoms with van der Waals surface area (Å²) in [5, 5.41) is 12.9. The second-order valence-electron chi connectivity index (χ2n) is 6.96.